The zero-order valence-corrected chi connectivity index (χ0v) is 15.8. The highest BCUT2D eigenvalue weighted by Crippen LogP contribution is 2.20. The summed E-state index contributed by atoms with van der Waals surface area (Å²) in [6.07, 6.45) is 1.03. The summed E-state index contributed by atoms with van der Waals surface area (Å²) in [5.74, 6) is 0.143. The topological polar surface area (TPSA) is 52.6 Å². The highest BCUT2D eigenvalue weighted by atomic mass is 16.5. The molecule has 2 aromatic rings. The molecule has 0 radical (unpaired) electrons. The minimum absolute atomic E-state index is 0.189. The molecule has 0 heterocycles. The second-order valence-corrected chi connectivity index (χ2v) is 6.91. The van der Waals surface area contributed by atoms with Crippen LogP contribution in [0.4, 0.5) is 0 Å². The van der Waals surface area contributed by atoms with Crippen molar-refractivity contribution in [3.63, 3.8) is 0 Å². The summed E-state index contributed by atoms with van der Waals surface area (Å²) >= 11 is 0. The van der Waals surface area contributed by atoms with Crippen molar-refractivity contribution in [3.05, 3.63) is 65.2 Å². The van der Waals surface area contributed by atoms with Gasteiger partial charge in [-0.3, -0.25) is 9.59 Å². The van der Waals surface area contributed by atoms with Gasteiger partial charge in [0.1, 0.15) is 12.4 Å². The molecule has 0 saturated carbocycles. The quantitative estimate of drug-likeness (QED) is 0.536. The number of hydrogen-bond donors (Lipinski definition) is 0. The molecule has 0 aliphatic rings. The zero-order chi connectivity index (χ0) is 19.1. The van der Waals surface area contributed by atoms with Crippen molar-refractivity contribution in [2.75, 3.05) is 0 Å². The summed E-state index contributed by atoms with van der Waals surface area (Å²) in [6.45, 7) is 7.77. The van der Waals surface area contributed by atoms with Crippen LogP contribution in [0.25, 0.3) is 0 Å². The highest BCUT2D eigenvalue weighted by Gasteiger charge is 2.17. The maximum Gasteiger partial charge on any atom is 0.313 e. The first-order valence-corrected chi connectivity index (χ1v) is 8.88. The standard InChI is InChI=1S/C22H26O4/c1-15(2)13-18-5-9-20(10-6-18)16(3)22(24)25-14-19-7-11-21(12-8-19)26-17(4)23/h5-12,15-16H,13-14H2,1-4H3. The van der Waals surface area contributed by atoms with E-state index < -0.39 is 0 Å². The highest BCUT2D eigenvalue weighted by molar-refractivity contribution is 5.77. The number of hydrogen-bond acceptors (Lipinski definition) is 4. The van der Waals surface area contributed by atoms with E-state index in [1.807, 2.05) is 19.1 Å². The molecule has 0 amide bonds. The van der Waals surface area contributed by atoms with Crippen molar-refractivity contribution in [2.45, 2.75) is 46.6 Å². The van der Waals surface area contributed by atoms with E-state index in [0.29, 0.717) is 11.7 Å². The molecule has 0 aliphatic carbocycles. The number of carbonyl (C=O) groups excluding carboxylic acids is 2. The normalized spacial score (nSPS) is 11.9. The van der Waals surface area contributed by atoms with Crippen LogP contribution in [0.5, 0.6) is 5.75 Å². The molecule has 1 atom stereocenters. The van der Waals surface area contributed by atoms with Gasteiger partial charge in [-0.25, -0.2) is 0 Å². The third-order valence-electron chi connectivity index (χ3n) is 4.04. The van der Waals surface area contributed by atoms with Crippen LogP contribution in [0, 0.1) is 5.92 Å². The Balaban J connectivity index is 1.89. The smallest absolute Gasteiger partial charge is 0.313 e. The molecule has 0 aliphatic heterocycles. The molecule has 0 aromatic heterocycles. The molecule has 0 saturated heterocycles. The van der Waals surface area contributed by atoms with E-state index in [0.717, 1.165) is 17.5 Å². The first-order valence-electron chi connectivity index (χ1n) is 8.88. The van der Waals surface area contributed by atoms with Gasteiger partial charge in [0, 0.05) is 6.92 Å². The first-order chi connectivity index (χ1) is 12.3. The van der Waals surface area contributed by atoms with Crippen LogP contribution in [0.3, 0.4) is 0 Å². The maximum absolute atomic E-state index is 12.3. The van der Waals surface area contributed by atoms with E-state index in [2.05, 4.69) is 26.0 Å². The van der Waals surface area contributed by atoms with Crippen LogP contribution in [0.15, 0.2) is 48.5 Å². The van der Waals surface area contributed by atoms with Crippen molar-refractivity contribution < 1.29 is 19.1 Å². The largest absolute Gasteiger partial charge is 0.460 e. The summed E-state index contributed by atoms with van der Waals surface area (Å²) < 4.78 is 10.4. The predicted octanol–water partition coefficient (Wildman–Crippen LogP) is 4.66. The Labute approximate surface area is 155 Å². The lowest BCUT2D eigenvalue weighted by molar-refractivity contribution is -0.146. The summed E-state index contributed by atoms with van der Waals surface area (Å²) in [6, 6.07) is 15.1. The Kier molecular flexibility index (Phi) is 6.96. The molecule has 4 heteroatoms. The zero-order valence-electron chi connectivity index (χ0n) is 15.8. The second-order valence-electron chi connectivity index (χ2n) is 6.91. The lowest BCUT2D eigenvalue weighted by Crippen LogP contribution is -2.13. The SMILES string of the molecule is CC(=O)Oc1ccc(COC(=O)C(C)c2ccc(CC(C)C)cc2)cc1. The van der Waals surface area contributed by atoms with Gasteiger partial charge >= 0.3 is 11.9 Å². The third kappa shape index (κ3) is 6.03. The van der Waals surface area contributed by atoms with Gasteiger partial charge in [0.15, 0.2) is 0 Å². The molecular weight excluding hydrogens is 328 g/mol. The summed E-state index contributed by atoms with van der Waals surface area (Å²) in [5, 5.41) is 0. The Morgan fingerprint density at radius 1 is 0.885 bits per heavy atom. The van der Waals surface area contributed by atoms with Crippen molar-refractivity contribution in [1.82, 2.24) is 0 Å². The van der Waals surface area contributed by atoms with Crippen LogP contribution in [0.2, 0.25) is 0 Å². The molecule has 138 valence electrons. The molecule has 0 bridgehead atoms. The molecular formula is C22H26O4. The lowest BCUT2D eigenvalue weighted by atomic mass is 9.97. The summed E-state index contributed by atoms with van der Waals surface area (Å²) in [4.78, 5) is 23.2. The van der Waals surface area contributed by atoms with Crippen molar-refractivity contribution in [3.8, 4) is 5.75 Å². The fourth-order valence-electron chi connectivity index (χ4n) is 2.65. The molecule has 2 aromatic carbocycles. The molecule has 26 heavy (non-hydrogen) atoms. The fraction of sp³-hybridized carbons (Fsp3) is 0.364. The van der Waals surface area contributed by atoms with E-state index in [1.54, 1.807) is 24.3 Å². The third-order valence-corrected chi connectivity index (χ3v) is 4.04. The summed E-state index contributed by atoms with van der Waals surface area (Å²) in [5.41, 5.74) is 3.07. The van der Waals surface area contributed by atoms with Gasteiger partial charge in [0.05, 0.1) is 5.92 Å². The Morgan fingerprint density at radius 3 is 2.00 bits per heavy atom. The van der Waals surface area contributed by atoms with E-state index in [9.17, 15) is 9.59 Å². The average molecular weight is 354 g/mol. The van der Waals surface area contributed by atoms with Gasteiger partial charge < -0.3 is 9.47 Å². The molecule has 0 spiro atoms. The fourth-order valence-corrected chi connectivity index (χ4v) is 2.65. The summed E-state index contributed by atoms with van der Waals surface area (Å²) in [7, 11) is 0. The van der Waals surface area contributed by atoms with Gasteiger partial charge in [-0.2, -0.15) is 0 Å². The molecule has 4 nitrogen and oxygen atoms in total. The Bertz CT molecular complexity index is 730. The molecule has 2 rings (SSSR count). The van der Waals surface area contributed by atoms with Gasteiger partial charge in [-0.1, -0.05) is 50.2 Å². The minimum Gasteiger partial charge on any atom is -0.460 e. The van der Waals surface area contributed by atoms with Gasteiger partial charge in [-0.15, -0.1) is 0 Å². The van der Waals surface area contributed by atoms with Crippen molar-refractivity contribution in [1.29, 1.82) is 0 Å². The number of ether oxygens (including phenoxy) is 2. The number of benzene rings is 2. The van der Waals surface area contributed by atoms with E-state index >= 15 is 0 Å². The van der Waals surface area contributed by atoms with Crippen molar-refractivity contribution in [2.24, 2.45) is 5.92 Å². The lowest BCUT2D eigenvalue weighted by Gasteiger charge is -2.13. The molecule has 1 unspecified atom stereocenters. The second kappa shape index (κ2) is 9.18. The minimum atomic E-state index is -0.364. The number of esters is 2. The predicted molar refractivity (Wildman–Crippen MR) is 101 cm³/mol. The Morgan fingerprint density at radius 2 is 1.46 bits per heavy atom. The van der Waals surface area contributed by atoms with Crippen LogP contribution in [-0.4, -0.2) is 11.9 Å². The van der Waals surface area contributed by atoms with Crippen LogP contribution >= 0.6 is 0 Å². The van der Waals surface area contributed by atoms with Crippen molar-refractivity contribution >= 4 is 11.9 Å². The van der Waals surface area contributed by atoms with E-state index in [1.165, 1.54) is 12.5 Å². The Hall–Kier alpha value is -2.62. The van der Waals surface area contributed by atoms with E-state index in [-0.39, 0.29) is 24.5 Å². The maximum atomic E-state index is 12.3. The van der Waals surface area contributed by atoms with Crippen LogP contribution in [-0.2, 0) is 27.4 Å². The number of carbonyl (C=O) groups is 2. The monoisotopic (exact) mass is 354 g/mol. The van der Waals surface area contributed by atoms with Gasteiger partial charge in [-0.05, 0) is 48.1 Å². The molecule has 0 fully saturated rings. The van der Waals surface area contributed by atoms with Gasteiger partial charge in [0.25, 0.3) is 0 Å². The average Bonchev–Trinajstić information content (AvgIpc) is 2.60. The van der Waals surface area contributed by atoms with Gasteiger partial charge in [0.2, 0.25) is 0 Å². The molecule has 0 N–H and O–H groups in total. The van der Waals surface area contributed by atoms with Crippen LogP contribution < -0.4 is 4.74 Å². The number of rotatable bonds is 7. The first kappa shape index (κ1) is 19.7. The van der Waals surface area contributed by atoms with E-state index in [4.69, 9.17) is 9.47 Å². The van der Waals surface area contributed by atoms with Crippen LogP contribution in [0.1, 0.15) is 50.3 Å².